The van der Waals surface area contributed by atoms with E-state index >= 15 is 0 Å². The number of rotatable bonds is 4. The van der Waals surface area contributed by atoms with Crippen LogP contribution >= 0.6 is 0 Å². The van der Waals surface area contributed by atoms with Gasteiger partial charge in [0, 0.05) is 33.7 Å². The van der Waals surface area contributed by atoms with E-state index in [2.05, 4.69) is 10.6 Å². The third kappa shape index (κ3) is 4.56. The highest BCUT2D eigenvalue weighted by Crippen LogP contribution is 2.24. The van der Waals surface area contributed by atoms with Crippen LogP contribution in [0.3, 0.4) is 0 Å². The van der Waals surface area contributed by atoms with Crippen LogP contribution in [0, 0.1) is 5.92 Å². The van der Waals surface area contributed by atoms with E-state index < -0.39 is 16.8 Å². The number of nitrogens with one attached hydrogen (secondary N) is 2. The van der Waals surface area contributed by atoms with Crippen molar-refractivity contribution in [2.24, 2.45) is 5.92 Å². The maximum absolute atomic E-state index is 12.0. The number of anilines is 1. The van der Waals surface area contributed by atoms with Gasteiger partial charge in [0.15, 0.2) is 0 Å². The molecule has 2 amide bonds. The molecule has 1 atom stereocenters. The molecule has 3 N–H and O–H groups in total. The van der Waals surface area contributed by atoms with Crippen molar-refractivity contribution in [1.82, 2.24) is 5.32 Å². The van der Waals surface area contributed by atoms with Crippen LogP contribution in [0.15, 0.2) is 29.2 Å². The summed E-state index contributed by atoms with van der Waals surface area (Å²) in [7, 11) is -1.10. The Morgan fingerprint density at radius 3 is 2.50 bits per heavy atom. The van der Waals surface area contributed by atoms with Crippen molar-refractivity contribution in [3.8, 4) is 0 Å². The fourth-order valence-corrected chi connectivity index (χ4v) is 3.15. The summed E-state index contributed by atoms with van der Waals surface area (Å²) in [6.45, 7) is 0. The molecule has 1 fully saturated rings. The lowest BCUT2D eigenvalue weighted by Crippen LogP contribution is -2.40. The van der Waals surface area contributed by atoms with Gasteiger partial charge in [0.1, 0.15) is 0 Å². The first-order valence-corrected chi connectivity index (χ1v) is 8.75. The van der Waals surface area contributed by atoms with Gasteiger partial charge in [-0.1, -0.05) is 6.07 Å². The molecule has 0 unspecified atom stereocenters. The van der Waals surface area contributed by atoms with Gasteiger partial charge in [-0.15, -0.1) is 0 Å². The van der Waals surface area contributed by atoms with Gasteiger partial charge in [0.05, 0.1) is 5.92 Å². The Morgan fingerprint density at radius 1 is 1.23 bits per heavy atom. The largest absolute Gasteiger partial charge is 0.481 e. The molecule has 0 heterocycles. The van der Waals surface area contributed by atoms with Crippen molar-refractivity contribution in [2.45, 2.75) is 36.6 Å². The highest BCUT2D eigenvalue weighted by Gasteiger charge is 2.26. The second kappa shape index (κ2) is 7.40. The predicted molar refractivity (Wildman–Crippen MR) is 84.3 cm³/mol. The quantitative estimate of drug-likeness (QED) is 0.791. The molecule has 1 saturated carbocycles. The summed E-state index contributed by atoms with van der Waals surface area (Å²) >= 11 is 0. The third-order valence-electron chi connectivity index (χ3n) is 3.84. The summed E-state index contributed by atoms with van der Waals surface area (Å²) in [4.78, 5) is 23.5. The molecule has 1 aliphatic rings. The minimum Gasteiger partial charge on any atom is -0.481 e. The topological polar surface area (TPSA) is 95.5 Å². The number of urea groups is 1. The molecule has 6 nitrogen and oxygen atoms in total. The average Bonchev–Trinajstić information content (AvgIpc) is 2.47. The molecule has 120 valence electrons. The van der Waals surface area contributed by atoms with Crippen molar-refractivity contribution in [3.63, 3.8) is 0 Å². The van der Waals surface area contributed by atoms with Crippen LogP contribution in [0.2, 0.25) is 0 Å². The number of carbonyl (C=O) groups is 2. The van der Waals surface area contributed by atoms with Gasteiger partial charge in [-0.2, -0.15) is 0 Å². The van der Waals surface area contributed by atoms with Crippen LogP contribution in [0.25, 0.3) is 0 Å². The SMILES string of the molecule is C[S@@](=O)c1cccc(NC(=O)NC2CCC(C(=O)O)CC2)c1. The first kappa shape index (κ1) is 16.5. The molecule has 0 radical (unpaired) electrons. The Hall–Kier alpha value is -1.89. The van der Waals surface area contributed by atoms with Crippen molar-refractivity contribution in [3.05, 3.63) is 24.3 Å². The maximum atomic E-state index is 12.0. The molecule has 1 aromatic carbocycles. The molecule has 0 spiro atoms. The average molecular weight is 324 g/mol. The van der Waals surface area contributed by atoms with Crippen molar-refractivity contribution in [1.29, 1.82) is 0 Å². The Labute approximate surface area is 131 Å². The van der Waals surface area contributed by atoms with Crippen LogP contribution in [-0.2, 0) is 15.6 Å². The minimum absolute atomic E-state index is 0.000843. The Balaban J connectivity index is 1.85. The van der Waals surface area contributed by atoms with E-state index in [0.717, 1.165) is 0 Å². The van der Waals surface area contributed by atoms with Gasteiger partial charge in [0.25, 0.3) is 0 Å². The third-order valence-corrected chi connectivity index (χ3v) is 4.75. The van der Waals surface area contributed by atoms with Gasteiger partial charge in [0.2, 0.25) is 0 Å². The van der Waals surface area contributed by atoms with Crippen LogP contribution in [-0.4, -0.2) is 33.6 Å². The highest BCUT2D eigenvalue weighted by atomic mass is 32.2. The molecular weight excluding hydrogens is 304 g/mol. The van der Waals surface area contributed by atoms with Crippen LogP contribution in [0.5, 0.6) is 0 Å². The van der Waals surface area contributed by atoms with E-state index in [4.69, 9.17) is 5.11 Å². The lowest BCUT2D eigenvalue weighted by molar-refractivity contribution is -0.142. The molecule has 0 aliphatic heterocycles. The molecule has 7 heteroatoms. The molecule has 2 rings (SSSR count). The summed E-state index contributed by atoms with van der Waals surface area (Å²) in [5, 5.41) is 14.5. The van der Waals surface area contributed by atoms with Crippen LogP contribution in [0.4, 0.5) is 10.5 Å². The fourth-order valence-electron chi connectivity index (χ4n) is 2.59. The summed E-state index contributed by atoms with van der Waals surface area (Å²) in [6, 6.07) is 6.57. The first-order valence-electron chi connectivity index (χ1n) is 7.19. The molecule has 22 heavy (non-hydrogen) atoms. The lowest BCUT2D eigenvalue weighted by atomic mass is 9.86. The normalized spacial score (nSPS) is 22.6. The van der Waals surface area contributed by atoms with Crippen LogP contribution < -0.4 is 10.6 Å². The van der Waals surface area contributed by atoms with Gasteiger partial charge in [-0.05, 0) is 43.9 Å². The molecule has 1 aromatic rings. The number of carbonyl (C=O) groups excluding carboxylic acids is 1. The van der Waals surface area contributed by atoms with Crippen molar-refractivity contribution < 1.29 is 18.9 Å². The summed E-state index contributed by atoms with van der Waals surface area (Å²) < 4.78 is 11.4. The molecule has 0 aromatic heterocycles. The second-order valence-corrected chi connectivity index (χ2v) is 6.85. The summed E-state index contributed by atoms with van der Waals surface area (Å²) in [6.07, 6.45) is 4.10. The van der Waals surface area contributed by atoms with E-state index in [1.807, 2.05) is 0 Å². The Bertz CT molecular complexity index is 583. The monoisotopic (exact) mass is 324 g/mol. The summed E-state index contributed by atoms with van der Waals surface area (Å²) in [5.41, 5.74) is 0.587. The minimum atomic E-state index is -1.10. The zero-order chi connectivity index (χ0) is 16.1. The maximum Gasteiger partial charge on any atom is 0.319 e. The lowest BCUT2D eigenvalue weighted by Gasteiger charge is -2.26. The second-order valence-electron chi connectivity index (χ2n) is 5.47. The van der Waals surface area contributed by atoms with E-state index in [1.54, 1.807) is 30.5 Å². The van der Waals surface area contributed by atoms with Crippen LogP contribution in [0.1, 0.15) is 25.7 Å². The molecular formula is C15H20N2O4S. The number of hydrogen-bond acceptors (Lipinski definition) is 3. The number of carboxylic acids is 1. The number of carboxylic acid groups (broad SMARTS) is 1. The van der Waals surface area contributed by atoms with Crippen molar-refractivity contribution in [2.75, 3.05) is 11.6 Å². The highest BCUT2D eigenvalue weighted by molar-refractivity contribution is 7.84. The van der Waals surface area contributed by atoms with E-state index in [1.165, 1.54) is 0 Å². The van der Waals surface area contributed by atoms with Gasteiger partial charge < -0.3 is 15.7 Å². The molecule has 0 saturated heterocycles. The smallest absolute Gasteiger partial charge is 0.319 e. The Kier molecular flexibility index (Phi) is 5.54. The number of amides is 2. The fraction of sp³-hybridized carbons (Fsp3) is 0.467. The first-order chi connectivity index (χ1) is 10.5. The van der Waals surface area contributed by atoms with Gasteiger partial charge in [-0.25, -0.2) is 4.79 Å². The number of aliphatic carboxylic acids is 1. The number of hydrogen-bond donors (Lipinski definition) is 3. The van der Waals surface area contributed by atoms with Gasteiger partial charge >= 0.3 is 12.0 Å². The van der Waals surface area contributed by atoms with E-state index in [-0.39, 0.29) is 18.0 Å². The molecule has 1 aliphatic carbocycles. The number of benzene rings is 1. The summed E-state index contributed by atoms with van der Waals surface area (Å²) in [5.74, 6) is -1.05. The van der Waals surface area contributed by atoms with Crippen molar-refractivity contribution >= 4 is 28.5 Å². The standard InChI is InChI=1S/C15H20N2O4S/c1-22(21)13-4-2-3-12(9-13)17-15(20)16-11-7-5-10(6-8-11)14(18)19/h2-4,9-11H,5-8H2,1H3,(H,18,19)(H2,16,17,20)/t10?,11?,22-/m1/s1. The predicted octanol–water partition coefficient (Wildman–Crippen LogP) is 2.19. The zero-order valence-electron chi connectivity index (χ0n) is 12.4. The van der Waals surface area contributed by atoms with Gasteiger partial charge in [-0.3, -0.25) is 9.00 Å². The van der Waals surface area contributed by atoms with E-state index in [9.17, 15) is 13.8 Å². The molecule has 0 bridgehead atoms. The van der Waals surface area contributed by atoms with E-state index in [0.29, 0.717) is 36.3 Å². The zero-order valence-corrected chi connectivity index (χ0v) is 13.2. The Morgan fingerprint density at radius 2 is 1.91 bits per heavy atom.